The van der Waals surface area contributed by atoms with Crippen molar-refractivity contribution in [3.8, 4) is 0 Å². The summed E-state index contributed by atoms with van der Waals surface area (Å²) in [5.74, 6) is -0.267. The van der Waals surface area contributed by atoms with Crippen molar-refractivity contribution in [1.82, 2.24) is 5.32 Å². The lowest BCUT2D eigenvalue weighted by atomic mass is 9.96. The molecular formula is C11H23N3O4. The van der Waals surface area contributed by atoms with Gasteiger partial charge in [0.05, 0.1) is 24.9 Å². The fraction of sp³-hybridized carbons (Fsp3) is 0.909. The van der Waals surface area contributed by atoms with Crippen LogP contribution in [0.4, 0.5) is 0 Å². The van der Waals surface area contributed by atoms with Gasteiger partial charge in [-0.25, -0.2) is 0 Å². The van der Waals surface area contributed by atoms with Crippen molar-refractivity contribution in [1.29, 1.82) is 0 Å². The van der Waals surface area contributed by atoms with Gasteiger partial charge in [0.15, 0.2) is 6.29 Å². The second kappa shape index (κ2) is 7.01. The van der Waals surface area contributed by atoms with Crippen LogP contribution in [0.2, 0.25) is 0 Å². The van der Waals surface area contributed by atoms with Crippen LogP contribution in [0.3, 0.4) is 0 Å². The van der Waals surface area contributed by atoms with Gasteiger partial charge in [0.1, 0.15) is 6.04 Å². The highest BCUT2D eigenvalue weighted by atomic mass is 16.7. The standard InChI is InChI=1S/C11H23N3O4/c1-6-8(13)10(16)9(14-7(2)15)11(18-6)17-5-3-4-12/h6,8-11,16H,3-5,12-13H2,1-2H3,(H,14,15)/t6-,8+,9-,10+,11-/m1/s1. The fourth-order valence-corrected chi connectivity index (χ4v) is 1.88. The molecule has 1 rings (SSSR count). The van der Waals surface area contributed by atoms with Crippen LogP contribution in [-0.2, 0) is 14.3 Å². The maximum absolute atomic E-state index is 11.1. The van der Waals surface area contributed by atoms with Gasteiger partial charge in [-0.3, -0.25) is 4.79 Å². The molecule has 106 valence electrons. The minimum Gasteiger partial charge on any atom is -0.389 e. The Hall–Kier alpha value is -0.730. The molecule has 1 aliphatic rings. The molecule has 1 heterocycles. The Morgan fingerprint density at radius 1 is 1.56 bits per heavy atom. The topological polar surface area (TPSA) is 120 Å². The molecule has 0 saturated carbocycles. The highest BCUT2D eigenvalue weighted by molar-refractivity contribution is 5.73. The summed E-state index contributed by atoms with van der Waals surface area (Å²) in [6.07, 6.45) is -1.26. The molecule has 1 saturated heterocycles. The maximum Gasteiger partial charge on any atom is 0.217 e. The van der Waals surface area contributed by atoms with Gasteiger partial charge in [0.2, 0.25) is 5.91 Å². The molecule has 18 heavy (non-hydrogen) atoms. The molecule has 0 aromatic rings. The van der Waals surface area contributed by atoms with Gasteiger partial charge in [0.25, 0.3) is 0 Å². The molecule has 1 aliphatic heterocycles. The number of ether oxygens (including phenoxy) is 2. The predicted octanol–water partition coefficient (Wildman–Crippen LogP) is -1.71. The third kappa shape index (κ3) is 3.89. The summed E-state index contributed by atoms with van der Waals surface area (Å²) in [5.41, 5.74) is 11.2. The third-order valence-electron chi connectivity index (χ3n) is 2.95. The largest absolute Gasteiger partial charge is 0.389 e. The summed E-state index contributed by atoms with van der Waals surface area (Å²) in [6.45, 7) is 4.05. The van der Waals surface area contributed by atoms with E-state index < -0.39 is 24.5 Å². The van der Waals surface area contributed by atoms with Crippen molar-refractivity contribution in [2.45, 2.75) is 50.8 Å². The first-order chi connectivity index (χ1) is 8.47. The van der Waals surface area contributed by atoms with Gasteiger partial charge in [-0.15, -0.1) is 0 Å². The Labute approximate surface area is 107 Å². The third-order valence-corrected chi connectivity index (χ3v) is 2.95. The number of hydrogen-bond donors (Lipinski definition) is 4. The molecule has 5 atom stereocenters. The molecule has 0 aromatic heterocycles. The van der Waals surface area contributed by atoms with Gasteiger partial charge in [-0.1, -0.05) is 0 Å². The molecule has 6 N–H and O–H groups in total. The van der Waals surface area contributed by atoms with Crippen LogP contribution in [0, 0.1) is 0 Å². The molecule has 0 bridgehead atoms. The summed E-state index contributed by atoms with van der Waals surface area (Å²) < 4.78 is 11.1. The zero-order valence-electron chi connectivity index (χ0n) is 10.8. The van der Waals surface area contributed by atoms with E-state index in [4.69, 9.17) is 20.9 Å². The molecule has 7 nitrogen and oxygen atoms in total. The number of carbonyl (C=O) groups excluding carboxylic acids is 1. The van der Waals surface area contributed by atoms with Crippen LogP contribution >= 0.6 is 0 Å². The summed E-state index contributed by atoms with van der Waals surface area (Å²) in [5, 5.41) is 12.7. The van der Waals surface area contributed by atoms with E-state index in [9.17, 15) is 9.90 Å². The van der Waals surface area contributed by atoms with Gasteiger partial charge >= 0.3 is 0 Å². The van der Waals surface area contributed by atoms with Gasteiger partial charge in [-0.2, -0.15) is 0 Å². The number of nitrogens with two attached hydrogens (primary N) is 2. The number of carbonyl (C=O) groups is 1. The van der Waals surface area contributed by atoms with Crippen LogP contribution < -0.4 is 16.8 Å². The van der Waals surface area contributed by atoms with Gasteiger partial charge < -0.3 is 31.4 Å². The number of hydrogen-bond acceptors (Lipinski definition) is 6. The molecule has 1 fully saturated rings. The number of amides is 1. The van der Waals surface area contributed by atoms with Crippen molar-refractivity contribution < 1.29 is 19.4 Å². The van der Waals surface area contributed by atoms with Crippen molar-refractivity contribution in [3.05, 3.63) is 0 Å². The van der Waals surface area contributed by atoms with Crippen LogP contribution in [0.5, 0.6) is 0 Å². The summed E-state index contributed by atoms with van der Waals surface area (Å²) in [4.78, 5) is 11.1. The second-order valence-electron chi connectivity index (χ2n) is 4.52. The van der Waals surface area contributed by atoms with Crippen molar-refractivity contribution >= 4 is 5.91 Å². The molecular weight excluding hydrogens is 238 g/mol. The van der Waals surface area contributed by atoms with E-state index in [-0.39, 0.29) is 12.0 Å². The summed E-state index contributed by atoms with van der Waals surface area (Å²) in [7, 11) is 0. The lowest BCUT2D eigenvalue weighted by Crippen LogP contribution is -2.65. The molecule has 0 aromatic carbocycles. The zero-order chi connectivity index (χ0) is 13.7. The van der Waals surface area contributed by atoms with E-state index >= 15 is 0 Å². The summed E-state index contributed by atoms with van der Waals surface area (Å²) in [6, 6.07) is -1.22. The summed E-state index contributed by atoms with van der Waals surface area (Å²) >= 11 is 0. The first-order valence-electron chi connectivity index (χ1n) is 6.15. The van der Waals surface area contributed by atoms with Crippen molar-refractivity contribution in [3.63, 3.8) is 0 Å². The molecule has 0 radical (unpaired) electrons. The highest BCUT2D eigenvalue weighted by Crippen LogP contribution is 2.20. The number of aliphatic hydroxyl groups is 1. The fourth-order valence-electron chi connectivity index (χ4n) is 1.88. The number of nitrogens with one attached hydrogen (secondary N) is 1. The normalized spacial score (nSPS) is 36.4. The Balaban J connectivity index is 2.66. The van der Waals surface area contributed by atoms with E-state index in [1.807, 2.05) is 0 Å². The number of aliphatic hydroxyl groups excluding tert-OH is 1. The molecule has 0 unspecified atom stereocenters. The Bertz CT molecular complexity index is 277. The average Bonchev–Trinajstić information content (AvgIpc) is 2.31. The maximum atomic E-state index is 11.1. The first kappa shape index (κ1) is 15.3. The van der Waals surface area contributed by atoms with Crippen LogP contribution in [0.25, 0.3) is 0 Å². The van der Waals surface area contributed by atoms with Crippen LogP contribution in [0.15, 0.2) is 0 Å². The Morgan fingerprint density at radius 2 is 2.22 bits per heavy atom. The van der Waals surface area contributed by atoms with Gasteiger partial charge in [0, 0.05) is 6.92 Å². The lowest BCUT2D eigenvalue weighted by Gasteiger charge is -2.42. The van der Waals surface area contributed by atoms with E-state index in [2.05, 4.69) is 5.32 Å². The molecule has 0 spiro atoms. The molecule has 0 aliphatic carbocycles. The predicted molar refractivity (Wildman–Crippen MR) is 65.5 cm³/mol. The smallest absolute Gasteiger partial charge is 0.217 e. The van der Waals surface area contributed by atoms with E-state index in [1.54, 1.807) is 6.92 Å². The number of rotatable bonds is 5. The van der Waals surface area contributed by atoms with Crippen LogP contribution in [0.1, 0.15) is 20.3 Å². The minimum absolute atomic E-state index is 0.267. The van der Waals surface area contributed by atoms with E-state index in [0.717, 1.165) is 0 Å². The molecule has 7 heteroatoms. The monoisotopic (exact) mass is 261 g/mol. The van der Waals surface area contributed by atoms with Crippen LogP contribution in [-0.4, -0.2) is 54.7 Å². The van der Waals surface area contributed by atoms with E-state index in [0.29, 0.717) is 19.6 Å². The lowest BCUT2D eigenvalue weighted by molar-refractivity contribution is -0.233. The highest BCUT2D eigenvalue weighted by Gasteiger charge is 2.42. The first-order valence-corrected chi connectivity index (χ1v) is 6.15. The average molecular weight is 261 g/mol. The van der Waals surface area contributed by atoms with E-state index in [1.165, 1.54) is 6.92 Å². The quantitative estimate of drug-likeness (QED) is 0.437. The Morgan fingerprint density at radius 3 is 2.78 bits per heavy atom. The van der Waals surface area contributed by atoms with Gasteiger partial charge in [-0.05, 0) is 19.9 Å². The Kier molecular flexibility index (Phi) is 5.97. The van der Waals surface area contributed by atoms with Crippen molar-refractivity contribution in [2.24, 2.45) is 11.5 Å². The second-order valence-corrected chi connectivity index (χ2v) is 4.52. The molecule has 1 amide bonds. The minimum atomic E-state index is -0.902. The zero-order valence-corrected chi connectivity index (χ0v) is 10.8. The van der Waals surface area contributed by atoms with Crippen molar-refractivity contribution in [2.75, 3.05) is 13.2 Å². The SMILES string of the molecule is CC(=O)N[C@H]1[C@H](OCCCN)O[C@H](C)[C@H](N)[C@@H]1O.